The number of aryl methyl sites for hydroxylation is 1. The first-order chi connectivity index (χ1) is 9.93. The van der Waals surface area contributed by atoms with Crippen LogP contribution >= 0.6 is 0 Å². The van der Waals surface area contributed by atoms with Crippen LogP contribution in [0.1, 0.15) is 22.3 Å². The number of nitrogens with one attached hydrogen (secondary N) is 1. The van der Waals surface area contributed by atoms with Crippen LogP contribution in [0.15, 0.2) is 36.3 Å². The minimum absolute atomic E-state index is 0.0159. The highest BCUT2D eigenvalue weighted by atomic mass is 32.2. The molecule has 1 aromatic carbocycles. The number of hydrogen-bond donors (Lipinski definition) is 1. The molecule has 2 rings (SSSR count). The SMILES string of the molecule is C=CS(=O)(=O)NCC1CCN(C(=O)c2ccccc2C)C1. The van der Waals surface area contributed by atoms with E-state index in [1.165, 1.54) is 0 Å². The van der Waals surface area contributed by atoms with E-state index in [1.54, 1.807) is 4.90 Å². The molecule has 1 aromatic rings. The maximum Gasteiger partial charge on any atom is 0.254 e. The molecule has 1 N–H and O–H groups in total. The first-order valence-electron chi connectivity index (χ1n) is 6.90. The van der Waals surface area contributed by atoms with Gasteiger partial charge in [0.2, 0.25) is 10.0 Å². The minimum Gasteiger partial charge on any atom is -0.338 e. The van der Waals surface area contributed by atoms with Gasteiger partial charge >= 0.3 is 0 Å². The van der Waals surface area contributed by atoms with Gasteiger partial charge in [-0.05, 0) is 30.9 Å². The quantitative estimate of drug-likeness (QED) is 0.897. The molecule has 0 aromatic heterocycles. The number of rotatable bonds is 5. The fourth-order valence-electron chi connectivity index (χ4n) is 2.46. The van der Waals surface area contributed by atoms with Crippen molar-refractivity contribution in [3.63, 3.8) is 0 Å². The summed E-state index contributed by atoms with van der Waals surface area (Å²) in [6.45, 7) is 6.75. The molecule has 1 aliphatic heterocycles. The number of carbonyl (C=O) groups excluding carboxylic acids is 1. The van der Waals surface area contributed by atoms with E-state index in [1.807, 2.05) is 31.2 Å². The van der Waals surface area contributed by atoms with Gasteiger partial charge in [-0.15, -0.1) is 0 Å². The molecule has 1 aliphatic rings. The lowest BCUT2D eigenvalue weighted by atomic mass is 10.1. The van der Waals surface area contributed by atoms with Gasteiger partial charge in [-0.2, -0.15) is 0 Å². The van der Waals surface area contributed by atoms with E-state index in [0.717, 1.165) is 17.4 Å². The van der Waals surface area contributed by atoms with Crippen molar-refractivity contribution in [3.05, 3.63) is 47.4 Å². The van der Waals surface area contributed by atoms with E-state index < -0.39 is 10.0 Å². The van der Waals surface area contributed by atoms with Crippen LogP contribution in [0, 0.1) is 12.8 Å². The zero-order valence-corrected chi connectivity index (χ0v) is 12.9. The Labute approximate surface area is 125 Å². The zero-order valence-electron chi connectivity index (χ0n) is 12.1. The Kier molecular flexibility index (Phi) is 4.80. The Bertz CT molecular complexity index is 640. The first kappa shape index (κ1) is 15.7. The van der Waals surface area contributed by atoms with Crippen molar-refractivity contribution in [1.29, 1.82) is 0 Å². The van der Waals surface area contributed by atoms with E-state index in [-0.39, 0.29) is 11.8 Å². The second-order valence-electron chi connectivity index (χ2n) is 5.28. The molecule has 0 aliphatic carbocycles. The van der Waals surface area contributed by atoms with Gasteiger partial charge in [-0.3, -0.25) is 4.79 Å². The Morgan fingerprint density at radius 2 is 2.19 bits per heavy atom. The van der Waals surface area contributed by atoms with Crippen molar-refractivity contribution in [3.8, 4) is 0 Å². The van der Waals surface area contributed by atoms with E-state index in [0.29, 0.717) is 25.2 Å². The number of sulfonamides is 1. The molecule has 1 amide bonds. The van der Waals surface area contributed by atoms with Gasteiger partial charge < -0.3 is 4.90 Å². The van der Waals surface area contributed by atoms with E-state index in [2.05, 4.69) is 11.3 Å². The van der Waals surface area contributed by atoms with Crippen LogP contribution in [0.4, 0.5) is 0 Å². The second-order valence-corrected chi connectivity index (χ2v) is 6.99. The molecule has 0 bridgehead atoms. The predicted molar refractivity (Wildman–Crippen MR) is 82.3 cm³/mol. The van der Waals surface area contributed by atoms with Gasteiger partial charge in [0.05, 0.1) is 0 Å². The summed E-state index contributed by atoms with van der Waals surface area (Å²) in [4.78, 5) is 14.2. The van der Waals surface area contributed by atoms with Gasteiger partial charge in [-0.1, -0.05) is 24.8 Å². The second kappa shape index (κ2) is 6.41. The summed E-state index contributed by atoms with van der Waals surface area (Å²) in [5.41, 5.74) is 1.67. The monoisotopic (exact) mass is 308 g/mol. The van der Waals surface area contributed by atoms with Gasteiger partial charge in [-0.25, -0.2) is 13.1 Å². The third kappa shape index (κ3) is 3.92. The van der Waals surface area contributed by atoms with Crippen LogP contribution in [-0.4, -0.2) is 38.9 Å². The Balaban J connectivity index is 1.95. The largest absolute Gasteiger partial charge is 0.338 e. The van der Waals surface area contributed by atoms with Crippen molar-refractivity contribution in [1.82, 2.24) is 9.62 Å². The highest BCUT2D eigenvalue weighted by Crippen LogP contribution is 2.19. The van der Waals surface area contributed by atoms with E-state index in [4.69, 9.17) is 0 Å². The summed E-state index contributed by atoms with van der Waals surface area (Å²) < 4.78 is 25.1. The van der Waals surface area contributed by atoms with Gasteiger partial charge in [0.15, 0.2) is 0 Å². The smallest absolute Gasteiger partial charge is 0.254 e. The molecule has 0 spiro atoms. The maximum absolute atomic E-state index is 12.4. The van der Waals surface area contributed by atoms with Crippen LogP contribution in [0.2, 0.25) is 0 Å². The molecule has 114 valence electrons. The average Bonchev–Trinajstić information content (AvgIpc) is 2.94. The van der Waals surface area contributed by atoms with E-state index in [9.17, 15) is 13.2 Å². The maximum atomic E-state index is 12.4. The molecule has 6 heteroatoms. The number of amides is 1. The zero-order chi connectivity index (χ0) is 15.5. The molecular formula is C15H20N2O3S. The number of benzene rings is 1. The van der Waals surface area contributed by atoms with Crippen molar-refractivity contribution >= 4 is 15.9 Å². The van der Waals surface area contributed by atoms with Crippen molar-refractivity contribution < 1.29 is 13.2 Å². The van der Waals surface area contributed by atoms with Crippen LogP contribution < -0.4 is 4.72 Å². The van der Waals surface area contributed by atoms with Crippen molar-refractivity contribution in [2.45, 2.75) is 13.3 Å². The number of likely N-dealkylation sites (tertiary alicyclic amines) is 1. The highest BCUT2D eigenvalue weighted by Gasteiger charge is 2.28. The molecular weight excluding hydrogens is 288 g/mol. The third-order valence-corrected chi connectivity index (χ3v) is 4.75. The lowest BCUT2D eigenvalue weighted by Gasteiger charge is -2.18. The summed E-state index contributed by atoms with van der Waals surface area (Å²) in [5, 5.41) is 0.901. The van der Waals surface area contributed by atoms with Crippen LogP contribution in [0.25, 0.3) is 0 Å². The molecule has 1 fully saturated rings. The lowest BCUT2D eigenvalue weighted by molar-refractivity contribution is 0.0787. The number of carbonyl (C=O) groups is 1. The number of nitrogens with zero attached hydrogens (tertiary/aromatic N) is 1. The van der Waals surface area contributed by atoms with E-state index >= 15 is 0 Å². The Morgan fingerprint density at radius 1 is 1.48 bits per heavy atom. The van der Waals surface area contributed by atoms with Crippen LogP contribution in [0.3, 0.4) is 0 Å². The molecule has 0 saturated carbocycles. The van der Waals surface area contributed by atoms with Gasteiger partial charge in [0.1, 0.15) is 0 Å². The van der Waals surface area contributed by atoms with Crippen molar-refractivity contribution in [2.75, 3.05) is 19.6 Å². The van der Waals surface area contributed by atoms with Crippen molar-refractivity contribution in [2.24, 2.45) is 5.92 Å². The summed E-state index contributed by atoms with van der Waals surface area (Å²) >= 11 is 0. The highest BCUT2D eigenvalue weighted by molar-refractivity contribution is 7.92. The van der Waals surface area contributed by atoms with Gasteiger partial charge in [0, 0.05) is 30.6 Å². The topological polar surface area (TPSA) is 66.5 Å². The molecule has 1 unspecified atom stereocenters. The first-order valence-corrected chi connectivity index (χ1v) is 8.44. The Hall–Kier alpha value is -1.66. The molecule has 5 nitrogen and oxygen atoms in total. The molecule has 0 radical (unpaired) electrons. The summed E-state index contributed by atoms with van der Waals surface area (Å²) in [6.07, 6.45) is 0.803. The Morgan fingerprint density at radius 3 is 2.86 bits per heavy atom. The fourth-order valence-corrected chi connectivity index (χ4v) is 3.05. The normalized spacial score (nSPS) is 18.7. The summed E-state index contributed by atoms with van der Waals surface area (Å²) in [6, 6.07) is 7.50. The molecule has 1 saturated heterocycles. The standard InChI is InChI=1S/C15H20N2O3S/c1-3-21(19,20)16-10-13-8-9-17(11-13)15(18)14-7-5-4-6-12(14)2/h3-7,13,16H,1,8-11H2,2H3. The summed E-state index contributed by atoms with van der Waals surface area (Å²) in [5.74, 6) is 0.162. The lowest BCUT2D eigenvalue weighted by Crippen LogP contribution is -2.32. The van der Waals surface area contributed by atoms with Gasteiger partial charge in [0.25, 0.3) is 5.91 Å². The summed E-state index contributed by atoms with van der Waals surface area (Å²) in [7, 11) is -3.39. The van der Waals surface area contributed by atoms with Crippen LogP contribution in [-0.2, 0) is 10.0 Å². The molecule has 21 heavy (non-hydrogen) atoms. The average molecular weight is 308 g/mol. The predicted octanol–water partition coefficient (Wildman–Crippen LogP) is 1.52. The molecule has 1 atom stereocenters. The number of hydrogen-bond acceptors (Lipinski definition) is 3. The van der Waals surface area contributed by atoms with Crippen LogP contribution in [0.5, 0.6) is 0 Å². The minimum atomic E-state index is -3.39. The third-order valence-electron chi connectivity index (χ3n) is 3.74. The fraction of sp³-hybridized carbons (Fsp3) is 0.400. The molecule has 1 heterocycles.